The Kier molecular flexibility index (Phi) is 4.13. The number of aliphatic hydroxyl groups is 1. The van der Waals surface area contributed by atoms with E-state index >= 15 is 0 Å². The Labute approximate surface area is 108 Å². The molecule has 0 fully saturated rings. The summed E-state index contributed by atoms with van der Waals surface area (Å²) in [5, 5.41) is 9.49. The van der Waals surface area contributed by atoms with Gasteiger partial charge in [0.05, 0.1) is 6.10 Å². The second-order valence-corrected chi connectivity index (χ2v) is 4.54. The van der Waals surface area contributed by atoms with Gasteiger partial charge < -0.3 is 10.8 Å². The number of hydrogen-bond acceptors (Lipinski definition) is 2. The summed E-state index contributed by atoms with van der Waals surface area (Å²) in [6, 6.07) is 16.4. The van der Waals surface area contributed by atoms with Crippen molar-refractivity contribution in [1.29, 1.82) is 0 Å². The zero-order valence-corrected chi connectivity index (χ0v) is 10.6. The van der Waals surface area contributed by atoms with Crippen LogP contribution in [0.3, 0.4) is 0 Å². The van der Waals surface area contributed by atoms with Crippen molar-refractivity contribution in [3.05, 3.63) is 59.7 Å². The highest BCUT2D eigenvalue weighted by Gasteiger charge is 2.02. The van der Waals surface area contributed by atoms with Crippen LogP contribution in [0, 0.1) is 0 Å². The van der Waals surface area contributed by atoms with Crippen molar-refractivity contribution in [2.45, 2.75) is 19.4 Å². The van der Waals surface area contributed by atoms with Crippen molar-refractivity contribution in [2.24, 2.45) is 5.73 Å². The minimum absolute atomic E-state index is 0.414. The van der Waals surface area contributed by atoms with Gasteiger partial charge in [0.15, 0.2) is 0 Å². The van der Waals surface area contributed by atoms with Gasteiger partial charge in [-0.25, -0.2) is 0 Å². The lowest BCUT2D eigenvalue weighted by Gasteiger charge is -2.08. The molecule has 0 aromatic heterocycles. The van der Waals surface area contributed by atoms with Crippen molar-refractivity contribution in [2.75, 3.05) is 6.54 Å². The number of hydrogen-bond donors (Lipinski definition) is 2. The fraction of sp³-hybridized carbons (Fsp3) is 0.250. The molecule has 0 saturated heterocycles. The first-order chi connectivity index (χ1) is 8.70. The Morgan fingerprint density at radius 3 is 2.39 bits per heavy atom. The van der Waals surface area contributed by atoms with E-state index in [-0.39, 0.29) is 0 Å². The van der Waals surface area contributed by atoms with Gasteiger partial charge in [-0.1, -0.05) is 48.5 Å². The minimum atomic E-state index is -0.414. The SMILES string of the molecule is C[C@@H](O)c1ccc(-c2cccc(CCN)c2)cc1. The molecule has 0 aliphatic rings. The fourth-order valence-electron chi connectivity index (χ4n) is 2.03. The third kappa shape index (κ3) is 2.97. The topological polar surface area (TPSA) is 46.2 Å². The van der Waals surface area contributed by atoms with Crippen LogP contribution in [-0.4, -0.2) is 11.7 Å². The lowest BCUT2D eigenvalue weighted by molar-refractivity contribution is 0.199. The number of aliphatic hydroxyl groups excluding tert-OH is 1. The fourth-order valence-corrected chi connectivity index (χ4v) is 2.03. The molecule has 0 unspecified atom stereocenters. The van der Waals surface area contributed by atoms with Gasteiger partial charge in [0, 0.05) is 0 Å². The molecule has 3 N–H and O–H groups in total. The van der Waals surface area contributed by atoms with Crippen LogP contribution in [0.25, 0.3) is 11.1 Å². The lowest BCUT2D eigenvalue weighted by atomic mass is 10.00. The van der Waals surface area contributed by atoms with Crippen molar-refractivity contribution < 1.29 is 5.11 Å². The highest BCUT2D eigenvalue weighted by molar-refractivity contribution is 5.64. The Balaban J connectivity index is 2.27. The summed E-state index contributed by atoms with van der Waals surface area (Å²) in [5.74, 6) is 0. The standard InChI is InChI=1S/C16H19NO/c1-12(18)14-5-7-15(8-6-14)16-4-2-3-13(11-16)9-10-17/h2-8,11-12,18H,9-10,17H2,1H3/t12-/m1/s1. The molecule has 94 valence electrons. The molecule has 0 amide bonds. The molecule has 1 atom stereocenters. The Morgan fingerprint density at radius 1 is 1.06 bits per heavy atom. The molecule has 0 aliphatic carbocycles. The molecular weight excluding hydrogens is 222 g/mol. The summed E-state index contributed by atoms with van der Waals surface area (Å²) >= 11 is 0. The van der Waals surface area contributed by atoms with Crippen LogP contribution in [0.2, 0.25) is 0 Å². The molecule has 0 bridgehead atoms. The van der Waals surface area contributed by atoms with Gasteiger partial charge in [0.25, 0.3) is 0 Å². The second kappa shape index (κ2) is 5.80. The van der Waals surface area contributed by atoms with Crippen molar-refractivity contribution in [3.8, 4) is 11.1 Å². The van der Waals surface area contributed by atoms with Gasteiger partial charge in [-0.15, -0.1) is 0 Å². The summed E-state index contributed by atoms with van der Waals surface area (Å²) in [7, 11) is 0. The van der Waals surface area contributed by atoms with Crippen LogP contribution in [0.15, 0.2) is 48.5 Å². The molecule has 2 aromatic carbocycles. The maximum Gasteiger partial charge on any atom is 0.0761 e. The average Bonchev–Trinajstić information content (AvgIpc) is 2.39. The van der Waals surface area contributed by atoms with Crippen LogP contribution in [0.5, 0.6) is 0 Å². The van der Waals surface area contributed by atoms with E-state index in [4.69, 9.17) is 5.73 Å². The molecule has 2 nitrogen and oxygen atoms in total. The van der Waals surface area contributed by atoms with Gasteiger partial charge >= 0.3 is 0 Å². The van der Waals surface area contributed by atoms with Gasteiger partial charge in [0.2, 0.25) is 0 Å². The Morgan fingerprint density at radius 2 is 1.78 bits per heavy atom. The summed E-state index contributed by atoms with van der Waals surface area (Å²) < 4.78 is 0. The lowest BCUT2D eigenvalue weighted by Crippen LogP contribution is -2.02. The smallest absolute Gasteiger partial charge is 0.0761 e. The van der Waals surface area contributed by atoms with E-state index in [1.807, 2.05) is 24.3 Å². The van der Waals surface area contributed by atoms with Crippen LogP contribution in [-0.2, 0) is 6.42 Å². The Hall–Kier alpha value is -1.64. The van der Waals surface area contributed by atoms with Gasteiger partial charge in [-0.05, 0) is 42.1 Å². The zero-order chi connectivity index (χ0) is 13.0. The van der Waals surface area contributed by atoms with Crippen LogP contribution >= 0.6 is 0 Å². The van der Waals surface area contributed by atoms with E-state index < -0.39 is 6.10 Å². The highest BCUT2D eigenvalue weighted by atomic mass is 16.3. The summed E-state index contributed by atoms with van der Waals surface area (Å²) in [6.07, 6.45) is 0.488. The second-order valence-electron chi connectivity index (χ2n) is 4.54. The summed E-state index contributed by atoms with van der Waals surface area (Å²) in [5.41, 5.74) is 10.1. The van der Waals surface area contributed by atoms with E-state index in [9.17, 15) is 5.11 Å². The molecule has 2 rings (SSSR count). The molecule has 2 heteroatoms. The predicted octanol–water partition coefficient (Wildman–Crippen LogP) is 2.91. The van der Waals surface area contributed by atoms with E-state index in [0.717, 1.165) is 12.0 Å². The third-order valence-electron chi connectivity index (χ3n) is 3.09. The molecule has 0 radical (unpaired) electrons. The third-order valence-corrected chi connectivity index (χ3v) is 3.09. The molecular formula is C16H19NO. The van der Waals surface area contributed by atoms with Gasteiger partial charge in [-0.3, -0.25) is 0 Å². The molecule has 2 aromatic rings. The first-order valence-corrected chi connectivity index (χ1v) is 6.28. The summed E-state index contributed by atoms with van der Waals surface area (Å²) in [6.45, 7) is 2.45. The maximum absolute atomic E-state index is 9.49. The minimum Gasteiger partial charge on any atom is -0.389 e. The largest absolute Gasteiger partial charge is 0.389 e. The van der Waals surface area contributed by atoms with Crippen LogP contribution in [0.4, 0.5) is 0 Å². The van der Waals surface area contributed by atoms with Crippen molar-refractivity contribution >= 4 is 0 Å². The normalized spacial score (nSPS) is 12.4. The molecule has 0 spiro atoms. The number of nitrogens with two attached hydrogens (primary N) is 1. The molecule has 0 heterocycles. The van der Waals surface area contributed by atoms with Gasteiger partial charge in [-0.2, -0.15) is 0 Å². The van der Waals surface area contributed by atoms with E-state index in [1.165, 1.54) is 16.7 Å². The highest BCUT2D eigenvalue weighted by Crippen LogP contribution is 2.23. The average molecular weight is 241 g/mol. The monoisotopic (exact) mass is 241 g/mol. The zero-order valence-electron chi connectivity index (χ0n) is 10.6. The Bertz CT molecular complexity index is 503. The molecule has 0 aliphatic heterocycles. The first kappa shape index (κ1) is 12.8. The van der Waals surface area contributed by atoms with Crippen LogP contribution < -0.4 is 5.73 Å². The maximum atomic E-state index is 9.49. The molecule has 0 saturated carbocycles. The van der Waals surface area contributed by atoms with Crippen molar-refractivity contribution in [3.63, 3.8) is 0 Å². The van der Waals surface area contributed by atoms with Crippen LogP contribution in [0.1, 0.15) is 24.2 Å². The van der Waals surface area contributed by atoms with Gasteiger partial charge in [0.1, 0.15) is 0 Å². The number of rotatable bonds is 4. The van der Waals surface area contributed by atoms with Crippen molar-refractivity contribution in [1.82, 2.24) is 0 Å². The number of benzene rings is 2. The van der Waals surface area contributed by atoms with E-state index in [2.05, 4.69) is 24.3 Å². The predicted molar refractivity (Wildman–Crippen MR) is 75.3 cm³/mol. The summed E-state index contributed by atoms with van der Waals surface area (Å²) in [4.78, 5) is 0. The van der Waals surface area contributed by atoms with E-state index in [1.54, 1.807) is 6.92 Å². The molecule has 18 heavy (non-hydrogen) atoms. The van der Waals surface area contributed by atoms with E-state index in [0.29, 0.717) is 6.54 Å². The quantitative estimate of drug-likeness (QED) is 0.864. The first-order valence-electron chi connectivity index (χ1n) is 6.28.